The fraction of sp³-hybridized carbons (Fsp3) is 0.556. The van der Waals surface area contributed by atoms with Gasteiger partial charge in [0.05, 0.1) is 16.8 Å². The van der Waals surface area contributed by atoms with E-state index >= 15 is 0 Å². The molecule has 3 amide bonds. The van der Waals surface area contributed by atoms with Crippen LogP contribution >= 0.6 is 11.3 Å². The van der Waals surface area contributed by atoms with Crippen molar-refractivity contribution in [3.05, 3.63) is 30.3 Å². The van der Waals surface area contributed by atoms with Gasteiger partial charge in [0.15, 0.2) is 4.34 Å². The van der Waals surface area contributed by atoms with Crippen LogP contribution < -0.4 is 16.0 Å². The number of aromatic nitrogens is 1. The molecule has 2 heterocycles. The molecule has 206 valence electrons. The molecule has 2 aromatic rings. The Labute approximate surface area is 230 Å². The first-order valence-corrected chi connectivity index (χ1v) is 15.7. The number of nitrogens with zero attached hydrogens (tertiary/aromatic N) is 2. The van der Waals surface area contributed by atoms with E-state index < -0.39 is 28.9 Å². The summed E-state index contributed by atoms with van der Waals surface area (Å²) in [5.74, 6) is -0.632. The van der Waals surface area contributed by atoms with E-state index in [4.69, 9.17) is 0 Å². The first-order chi connectivity index (χ1) is 18.3. The van der Waals surface area contributed by atoms with Crippen molar-refractivity contribution in [3.8, 4) is 11.3 Å². The maximum atomic E-state index is 13.9. The minimum atomic E-state index is -1.30. The van der Waals surface area contributed by atoms with E-state index in [0.717, 1.165) is 37.7 Å². The number of benzene rings is 1. The molecule has 9 nitrogen and oxygen atoms in total. The lowest BCUT2D eigenvalue weighted by Crippen LogP contribution is -2.57. The zero-order valence-corrected chi connectivity index (χ0v) is 23.8. The summed E-state index contributed by atoms with van der Waals surface area (Å²) >= 11 is 1.19. The van der Waals surface area contributed by atoms with E-state index in [-0.39, 0.29) is 23.6 Å². The summed E-state index contributed by atoms with van der Waals surface area (Å²) in [6, 6.07) is 7.73. The van der Waals surface area contributed by atoms with Gasteiger partial charge in [-0.15, -0.1) is 0 Å². The molecule has 1 unspecified atom stereocenters. The lowest BCUT2D eigenvalue weighted by atomic mass is 9.83. The number of anilines is 1. The van der Waals surface area contributed by atoms with Crippen LogP contribution in [0.25, 0.3) is 11.3 Å². The predicted molar refractivity (Wildman–Crippen MR) is 150 cm³/mol. The number of carbonyl (C=O) groups excluding carboxylic acids is 3. The third-order valence-electron chi connectivity index (χ3n) is 7.49. The third kappa shape index (κ3) is 6.50. The lowest BCUT2D eigenvalue weighted by molar-refractivity contribution is -0.142. The summed E-state index contributed by atoms with van der Waals surface area (Å²) in [5, 5.41) is 9.45. The van der Waals surface area contributed by atoms with E-state index in [0.29, 0.717) is 34.4 Å². The standard InChI is InChI=1S/C27H37N5O4S2/c1-17(28-2)23(33)29-22(19-13-8-5-9-14-19)26(35)32-16-10-15-20(32)24(34)31-25-21(18-11-6-4-7-12-18)30-27(37-25)38(3)36/h4,6-7,11-12,17,19-20,22,28H,5,8-10,13-16H2,1-3H3,(H,29,33)(H,31,34)/t17-,20-,22-,38?/m0/s1. The van der Waals surface area contributed by atoms with Crippen molar-refractivity contribution < 1.29 is 18.6 Å². The van der Waals surface area contributed by atoms with Gasteiger partial charge in [0.25, 0.3) is 0 Å². The van der Waals surface area contributed by atoms with E-state index in [1.165, 1.54) is 11.3 Å². The van der Waals surface area contributed by atoms with Crippen LogP contribution in [0, 0.1) is 5.92 Å². The van der Waals surface area contributed by atoms with Gasteiger partial charge in [-0.2, -0.15) is 0 Å². The fourth-order valence-corrected chi connectivity index (χ4v) is 6.90. The molecule has 0 spiro atoms. The summed E-state index contributed by atoms with van der Waals surface area (Å²) in [7, 11) is 0.417. The Morgan fingerprint density at radius 2 is 1.79 bits per heavy atom. The molecule has 1 saturated carbocycles. The molecule has 0 radical (unpaired) electrons. The minimum absolute atomic E-state index is 0.0573. The average Bonchev–Trinajstić information content (AvgIpc) is 3.60. The van der Waals surface area contributed by atoms with Crippen LogP contribution in [-0.2, 0) is 25.2 Å². The zero-order valence-electron chi connectivity index (χ0n) is 22.2. The molecule has 1 aromatic heterocycles. The van der Waals surface area contributed by atoms with Crippen LogP contribution in [0.1, 0.15) is 51.9 Å². The quantitative estimate of drug-likeness (QED) is 0.434. The number of thiazole rings is 1. The van der Waals surface area contributed by atoms with Crippen molar-refractivity contribution >= 4 is 44.9 Å². The first-order valence-electron chi connectivity index (χ1n) is 13.3. The molecule has 0 bridgehead atoms. The second-order valence-corrected chi connectivity index (χ2v) is 12.6. The second kappa shape index (κ2) is 12.9. The van der Waals surface area contributed by atoms with E-state index in [9.17, 15) is 18.6 Å². The molecule has 11 heteroatoms. The second-order valence-electron chi connectivity index (χ2n) is 10.1. The highest BCUT2D eigenvalue weighted by Gasteiger charge is 2.41. The van der Waals surface area contributed by atoms with Crippen molar-refractivity contribution in [2.75, 3.05) is 25.2 Å². The van der Waals surface area contributed by atoms with Crippen molar-refractivity contribution in [2.24, 2.45) is 5.92 Å². The van der Waals surface area contributed by atoms with Gasteiger partial charge in [-0.05, 0) is 45.6 Å². The van der Waals surface area contributed by atoms with Crippen molar-refractivity contribution in [1.29, 1.82) is 0 Å². The molecule has 38 heavy (non-hydrogen) atoms. The van der Waals surface area contributed by atoms with Crippen molar-refractivity contribution in [3.63, 3.8) is 0 Å². The van der Waals surface area contributed by atoms with Crippen LogP contribution in [-0.4, -0.2) is 69.8 Å². The third-order valence-corrected chi connectivity index (χ3v) is 9.79. The number of nitrogens with one attached hydrogen (secondary N) is 3. The van der Waals surface area contributed by atoms with Gasteiger partial charge < -0.3 is 20.9 Å². The number of hydrogen-bond acceptors (Lipinski definition) is 7. The fourth-order valence-electron chi connectivity index (χ4n) is 5.23. The monoisotopic (exact) mass is 559 g/mol. The van der Waals surface area contributed by atoms with E-state index in [2.05, 4.69) is 20.9 Å². The summed E-state index contributed by atoms with van der Waals surface area (Å²) in [6.45, 7) is 2.23. The lowest BCUT2D eigenvalue weighted by Gasteiger charge is -2.35. The molecule has 2 aliphatic rings. The maximum Gasteiger partial charge on any atom is 0.247 e. The predicted octanol–water partition coefficient (Wildman–Crippen LogP) is 3.15. The summed E-state index contributed by atoms with van der Waals surface area (Å²) < 4.78 is 12.6. The van der Waals surface area contributed by atoms with Crippen LogP contribution in [0.3, 0.4) is 0 Å². The van der Waals surface area contributed by atoms with Gasteiger partial charge in [0.1, 0.15) is 22.8 Å². The van der Waals surface area contributed by atoms with Gasteiger partial charge in [-0.25, -0.2) is 4.98 Å². The SMILES string of the molecule is CN[C@@H](C)C(=O)N[C@H](C(=O)N1CCC[C@H]1C(=O)Nc1sc(S(C)=O)nc1-c1ccccc1)C1CCCCC1. The number of carbonyl (C=O) groups is 3. The highest BCUT2D eigenvalue weighted by molar-refractivity contribution is 7.86. The Bertz CT molecular complexity index is 1170. The summed E-state index contributed by atoms with van der Waals surface area (Å²) in [4.78, 5) is 46.4. The molecule has 1 aromatic carbocycles. The number of likely N-dealkylation sites (N-methyl/N-ethyl adjacent to an activating group) is 1. The summed E-state index contributed by atoms with van der Waals surface area (Å²) in [6.07, 6.45) is 7.78. The van der Waals surface area contributed by atoms with Crippen molar-refractivity contribution in [1.82, 2.24) is 20.5 Å². The highest BCUT2D eigenvalue weighted by atomic mass is 32.2. The van der Waals surface area contributed by atoms with E-state index in [1.54, 1.807) is 25.1 Å². The number of hydrogen-bond donors (Lipinski definition) is 3. The van der Waals surface area contributed by atoms with Gasteiger partial charge in [-0.3, -0.25) is 18.6 Å². The van der Waals surface area contributed by atoms with Gasteiger partial charge in [0, 0.05) is 18.4 Å². The molecule has 4 atom stereocenters. The average molecular weight is 560 g/mol. The normalized spacial score (nSPS) is 20.5. The van der Waals surface area contributed by atoms with E-state index in [1.807, 2.05) is 30.3 Å². The molecular weight excluding hydrogens is 522 g/mol. The van der Waals surface area contributed by atoms with Gasteiger partial charge in [-0.1, -0.05) is 60.9 Å². The van der Waals surface area contributed by atoms with Crippen molar-refractivity contribution in [2.45, 2.75) is 74.3 Å². The maximum absolute atomic E-state index is 13.9. The number of likely N-dealkylation sites (tertiary alicyclic amines) is 1. The summed E-state index contributed by atoms with van der Waals surface area (Å²) in [5.41, 5.74) is 1.38. The zero-order chi connectivity index (χ0) is 27.2. The Morgan fingerprint density at radius 1 is 1.08 bits per heavy atom. The Kier molecular flexibility index (Phi) is 9.67. The Balaban J connectivity index is 1.55. The molecule has 3 N–H and O–H groups in total. The molecule has 2 fully saturated rings. The molecule has 1 saturated heterocycles. The van der Waals surface area contributed by atoms with Crippen LogP contribution in [0.5, 0.6) is 0 Å². The first kappa shape index (κ1) is 28.4. The largest absolute Gasteiger partial charge is 0.343 e. The highest BCUT2D eigenvalue weighted by Crippen LogP contribution is 2.35. The number of amides is 3. The number of rotatable bonds is 9. The Morgan fingerprint density at radius 3 is 2.45 bits per heavy atom. The molecular formula is C27H37N5O4S2. The minimum Gasteiger partial charge on any atom is -0.343 e. The topological polar surface area (TPSA) is 121 Å². The van der Waals surface area contributed by atoms with Crippen LogP contribution in [0.15, 0.2) is 34.7 Å². The van der Waals surface area contributed by atoms with Gasteiger partial charge >= 0.3 is 0 Å². The molecule has 1 aliphatic heterocycles. The van der Waals surface area contributed by atoms with Gasteiger partial charge in [0.2, 0.25) is 17.7 Å². The van der Waals surface area contributed by atoms with Crippen LogP contribution in [0.4, 0.5) is 5.00 Å². The Hall–Kier alpha value is -2.63. The molecule has 1 aliphatic carbocycles. The smallest absolute Gasteiger partial charge is 0.247 e. The molecule has 4 rings (SSSR count). The van der Waals surface area contributed by atoms with Crippen LogP contribution in [0.2, 0.25) is 0 Å².